The Hall–Kier alpha value is -1.95. The number of aliphatic hydroxyl groups excluding tert-OH is 1. The maximum absolute atomic E-state index is 11.5. The normalized spacial score (nSPS) is 12.6. The van der Waals surface area contributed by atoms with Gasteiger partial charge in [0.05, 0.1) is 0 Å². The molecule has 0 aromatic carbocycles. The van der Waals surface area contributed by atoms with Crippen LogP contribution in [0.25, 0.3) is 11.5 Å². The van der Waals surface area contributed by atoms with Crippen molar-refractivity contribution in [2.75, 3.05) is 0 Å². The highest BCUT2D eigenvalue weighted by Crippen LogP contribution is 2.18. The number of rotatable bonds is 4. The van der Waals surface area contributed by atoms with Crippen LogP contribution in [0.4, 0.5) is 0 Å². The van der Waals surface area contributed by atoms with E-state index in [1.54, 1.807) is 0 Å². The van der Waals surface area contributed by atoms with Gasteiger partial charge in [-0.15, -0.1) is 0 Å². The minimum absolute atomic E-state index is 0.122. The monoisotopic (exact) mass is 235 g/mol. The average molecular weight is 235 g/mol. The van der Waals surface area contributed by atoms with Crippen LogP contribution in [-0.2, 0) is 0 Å². The summed E-state index contributed by atoms with van der Waals surface area (Å²) in [6.45, 7) is 1.95. The number of aromatic nitrogens is 3. The van der Waals surface area contributed by atoms with E-state index in [9.17, 15) is 9.90 Å². The molecule has 2 aromatic heterocycles. The van der Waals surface area contributed by atoms with Gasteiger partial charge in [-0.25, -0.2) is 0 Å². The summed E-state index contributed by atoms with van der Waals surface area (Å²) in [6, 6.07) is 1.38. The first kappa shape index (κ1) is 11.5. The molecular formula is C11H13N3O3. The van der Waals surface area contributed by atoms with Gasteiger partial charge in [-0.1, -0.05) is 18.5 Å². The lowest BCUT2D eigenvalue weighted by Crippen LogP contribution is -2.03. The predicted molar refractivity (Wildman–Crippen MR) is 60.2 cm³/mol. The molecule has 0 amide bonds. The van der Waals surface area contributed by atoms with Crippen LogP contribution in [0.3, 0.4) is 0 Å². The van der Waals surface area contributed by atoms with Crippen LogP contribution in [0.1, 0.15) is 31.7 Å². The average Bonchev–Trinajstić information content (AvgIpc) is 2.79. The third-order valence-electron chi connectivity index (χ3n) is 2.36. The van der Waals surface area contributed by atoms with Gasteiger partial charge in [0.1, 0.15) is 11.7 Å². The second-order valence-electron chi connectivity index (χ2n) is 3.68. The molecule has 2 rings (SSSR count). The molecule has 0 saturated carbocycles. The number of hydrogen-bond acceptors (Lipinski definition) is 5. The maximum atomic E-state index is 11.5. The van der Waals surface area contributed by atoms with Crippen molar-refractivity contribution in [3.63, 3.8) is 0 Å². The standard InChI is InChI=1S/C11H13N3O3/c1-2-3-9(16)10-13-11(17-14-10)7-6-12-5-4-8(7)15/h4-6,9,16H,2-3H2,1H3,(H,12,15). The van der Waals surface area contributed by atoms with Gasteiger partial charge in [-0.05, 0) is 6.42 Å². The van der Waals surface area contributed by atoms with Crippen molar-refractivity contribution < 1.29 is 9.63 Å². The van der Waals surface area contributed by atoms with Crippen LogP contribution < -0.4 is 5.43 Å². The van der Waals surface area contributed by atoms with E-state index in [1.165, 1.54) is 18.5 Å². The van der Waals surface area contributed by atoms with Gasteiger partial charge < -0.3 is 14.6 Å². The summed E-state index contributed by atoms with van der Waals surface area (Å²) in [4.78, 5) is 18.3. The summed E-state index contributed by atoms with van der Waals surface area (Å²) in [5.41, 5.74) is 0.0962. The Labute approximate surface area is 97.3 Å². The molecule has 6 nitrogen and oxygen atoms in total. The highest BCUT2D eigenvalue weighted by molar-refractivity contribution is 5.50. The van der Waals surface area contributed by atoms with Crippen LogP contribution >= 0.6 is 0 Å². The largest absolute Gasteiger partial charge is 0.385 e. The summed E-state index contributed by atoms with van der Waals surface area (Å²) in [5, 5.41) is 13.3. The fourth-order valence-electron chi connectivity index (χ4n) is 1.47. The quantitative estimate of drug-likeness (QED) is 0.832. The lowest BCUT2D eigenvalue weighted by atomic mass is 10.2. The fourth-order valence-corrected chi connectivity index (χ4v) is 1.47. The molecule has 0 aliphatic rings. The zero-order valence-corrected chi connectivity index (χ0v) is 9.38. The van der Waals surface area contributed by atoms with E-state index in [-0.39, 0.29) is 17.1 Å². The molecule has 0 fully saturated rings. The van der Waals surface area contributed by atoms with Crippen LogP contribution in [0.15, 0.2) is 27.8 Å². The van der Waals surface area contributed by atoms with Crippen molar-refractivity contribution in [2.45, 2.75) is 25.9 Å². The van der Waals surface area contributed by atoms with Crippen molar-refractivity contribution in [1.82, 2.24) is 15.1 Å². The Balaban J connectivity index is 2.30. The van der Waals surface area contributed by atoms with E-state index in [0.29, 0.717) is 12.0 Å². The van der Waals surface area contributed by atoms with Gasteiger partial charge in [0.25, 0.3) is 5.89 Å². The first-order valence-electron chi connectivity index (χ1n) is 5.41. The van der Waals surface area contributed by atoms with E-state index in [1.807, 2.05) is 6.92 Å². The van der Waals surface area contributed by atoms with E-state index < -0.39 is 6.10 Å². The number of hydrogen-bond donors (Lipinski definition) is 2. The van der Waals surface area contributed by atoms with E-state index in [2.05, 4.69) is 15.1 Å². The zero-order chi connectivity index (χ0) is 12.3. The molecule has 1 unspecified atom stereocenters. The minimum Gasteiger partial charge on any atom is -0.385 e. The van der Waals surface area contributed by atoms with Crippen molar-refractivity contribution in [3.8, 4) is 11.5 Å². The molecule has 6 heteroatoms. The highest BCUT2D eigenvalue weighted by atomic mass is 16.5. The number of aliphatic hydroxyl groups is 1. The Bertz CT molecular complexity index is 547. The van der Waals surface area contributed by atoms with Gasteiger partial charge in [0.2, 0.25) is 5.82 Å². The molecule has 0 spiro atoms. The smallest absolute Gasteiger partial charge is 0.263 e. The molecule has 90 valence electrons. The van der Waals surface area contributed by atoms with Gasteiger partial charge in [0.15, 0.2) is 5.43 Å². The molecule has 0 radical (unpaired) electrons. The molecule has 0 aliphatic heterocycles. The van der Waals surface area contributed by atoms with E-state index in [0.717, 1.165) is 6.42 Å². The van der Waals surface area contributed by atoms with Crippen molar-refractivity contribution in [1.29, 1.82) is 0 Å². The third kappa shape index (κ3) is 2.42. The molecule has 17 heavy (non-hydrogen) atoms. The van der Waals surface area contributed by atoms with E-state index in [4.69, 9.17) is 4.52 Å². The molecule has 1 atom stereocenters. The lowest BCUT2D eigenvalue weighted by Gasteiger charge is -2.01. The second-order valence-corrected chi connectivity index (χ2v) is 3.68. The Morgan fingerprint density at radius 3 is 3.12 bits per heavy atom. The highest BCUT2D eigenvalue weighted by Gasteiger charge is 2.16. The summed E-state index contributed by atoms with van der Waals surface area (Å²) in [6.07, 6.45) is 3.64. The van der Waals surface area contributed by atoms with E-state index >= 15 is 0 Å². The number of nitrogens with zero attached hydrogens (tertiary/aromatic N) is 2. The Morgan fingerprint density at radius 1 is 1.59 bits per heavy atom. The molecule has 2 N–H and O–H groups in total. The number of H-pyrrole nitrogens is 1. The van der Waals surface area contributed by atoms with Crippen LogP contribution in [0, 0.1) is 0 Å². The van der Waals surface area contributed by atoms with Crippen LogP contribution in [-0.4, -0.2) is 20.2 Å². The van der Waals surface area contributed by atoms with Crippen molar-refractivity contribution in [3.05, 3.63) is 34.5 Å². The van der Waals surface area contributed by atoms with Gasteiger partial charge in [-0.3, -0.25) is 4.79 Å². The molecule has 2 aromatic rings. The molecule has 0 saturated heterocycles. The summed E-state index contributed by atoms with van der Waals surface area (Å²) < 4.78 is 4.96. The SMILES string of the molecule is CCCC(O)c1noc(-c2c[nH]ccc2=O)n1. The number of nitrogens with one attached hydrogen (secondary N) is 1. The van der Waals surface area contributed by atoms with Gasteiger partial charge in [-0.2, -0.15) is 4.98 Å². The molecule has 2 heterocycles. The Kier molecular flexibility index (Phi) is 3.34. The summed E-state index contributed by atoms with van der Waals surface area (Å²) in [7, 11) is 0. The van der Waals surface area contributed by atoms with Gasteiger partial charge in [0, 0.05) is 18.5 Å². The van der Waals surface area contributed by atoms with Gasteiger partial charge >= 0.3 is 0 Å². The summed E-state index contributed by atoms with van der Waals surface area (Å²) in [5.74, 6) is 0.335. The van der Waals surface area contributed by atoms with Crippen LogP contribution in [0.2, 0.25) is 0 Å². The molecule has 0 aliphatic carbocycles. The topological polar surface area (TPSA) is 92.0 Å². The van der Waals surface area contributed by atoms with Crippen molar-refractivity contribution in [2.24, 2.45) is 0 Å². The minimum atomic E-state index is -0.750. The first-order valence-corrected chi connectivity index (χ1v) is 5.41. The first-order chi connectivity index (χ1) is 8.22. The maximum Gasteiger partial charge on any atom is 0.263 e. The number of pyridine rings is 1. The van der Waals surface area contributed by atoms with Crippen LogP contribution in [0.5, 0.6) is 0 Å². The molecule has 0 bridgehead atoms. The predicted octanol–water partition coefficient (Wildman–Crippen LogP) is 1.26. The molecular weight excluding hydrogens is 222 g/mol. The Morgan fingerprint density at radius 2 is 2.41 bits per heavy atom. The third-order valence-corrected chi connectivity index (χ3v) is 2.36. The fraction of sp³-hybridized carbons (Fsp3) is 0.364. The number of aromatic amines is 1. The van der Waals surface area contributed by atoms with Crippen molar-refractivity contribution >= 4 is 0 Å². The second kappa shape index (κ2) is 4.92. The summed E-state index contributed by atoms with van der Waals surface area (Å²) >= 11 is 0. The lowest BCUT2D eigenvalue weighted by molar-refractivity contribution is 0.153. The zero-order valence-electron chi connectivity index (χ0n) is 9.38.